The summed E-state index contributed by atoms with van der Waals surface area (Å²) in [6.07, 6.45) is 2.28. The number of carbonyl (C=O) groups is 2. The lowest BCUT2D eigenvalue weighted by Crippen LogP contribution is -3.11. The number of nitrogens with zero attached hydrogens (tertiary/aromatic N) is 1. The molecule has 0 aromatic heterocycles. The van der Waals surface area contributed by atoms with Crippen LogP contribution in [-0.4, -0.2) is 49.9 Å². The fraction of sp³-hybridized carbons (Fsp3) is 0.600. The second-order valence-corrected chi connectivity index (χ2v) is 7.72. The van der Waals surface area contributed by atoms with Gasteiger partial charge in [0.15, 0.2) is 13.1 Å². The van der Waals surface area contributed by atoms with E-state index in [0.29, 0.717) is 19.0 Å². The topological polar surface area (TPSA) is 53.9 Å². The zero-order valence-electron chi connectivity index (χ0n) is 16.2. The molecule has 2 amide bonds. The van der Waals surface area contributed by atoms with Crippen LogP contribution in [0.1, 0.15) is 36.5 Å². The quantitative estimate of drug-likeness (QED) is 0.845. The summed E-state index contributed by atoms with van der Waals surface area (Å²) in [5.74, 6) is 0.681. The molecule has 2 N–H and O–H groups in total. The van der Waals surface area contributed by atoms with Gasteiger partial charge in [-0.25, -0.2) is 0 Å². The number of quaternary nitrogens is 1. The van der Waals surface area contributed by atoms with Gasteiger partial charge < -0.3 is 15.1 Å². The number of hydrogen-bond donors (Lipinski definition) is 2. The largest absolute Gasteiger partial charge is 0.338 e. The number of anilines is 1. The molecule has 2 atom stereocenters. The number of aryl methyl sites for hydroxylation is 3. The minimum Gasteiger partial charge on any atom is -0.338 e. The van der Waals surface area contributed by atoms with Gasteiger partial charge in [-0.1, -0.05) is 24.6 Å². The van der Waals surface area contributed by atoms with E-state index >= 15 is 0 Å². The predicted molar refractivity (Wildman–Crippen MR) is 101 cm³/mol. The van der Waals surface area contributed by atoms with Gasteiger partial charge in [-0.05, 0) is 50.7 Å². The van der Waals surface area contributed by atoms with Crippen molar-refractivity contribution < 1.29 is 14.5 Å². The first-order valence-electron chi connectivity index (χ1n) is 9.23. The molecule has 5 heteroatoms. The molecule has 138 valence electrons. The fourth-order valence-corrected chi connectivity index (χ4v) is 3.68. The van der Waals surface area contributed by atoms with Crippen molar-refractivity contribution in [2.75, 3.05) is 38.5 Å². The molecule has 1 aromatic rings. The van der Waals surface area contributed by atoms with E-state index in [9.17, 15) is 9.59 Å². The van der Waals surface area contributed by atoms with Gasteiger partial charge in [-0.2, -0.15) is 0 Å². The normalized spacial score (nSPS) is 18.8. The molecule has 0 saturated carbocycles. The number of hydrogen-bond acceptors (Lipinski definition) is 2. The maximum atomic E-state index is 12.4. The third-order valence-corrected chi connectivity index (χ3v) is 4.87. The molecule has 1 heterocycles. The molecule has 1 aliphatic heterocycles. The van der Waals surface area contributed by atoms with Gasteiger partial charge >= 0.3 is 0 Å². The maximum Gasteiger partial charge on any atom is 0.279 e. The standard InChI is InChI=1S/C20H31N3O2/c1-14-7-6-8-23(11-14)19(25)13-22(5)12-18(24)21-20-16(3)9-15(2)10-17(20)4/h9-10,14H,6-8,11-13H2,1-5H3,(H,21,24)/p+1/t14-/m0/s1. The van der Waals surface area contributed by atoms with E-state index in [4.69, 9.17) is 0 Å². The number of carbonyl (C=O) groups excluding carboxylic acids is 2. The van der Waals surface area contributed by atoms with Crippen LogP contribution in [0.2, 0.25) is 0 Å². The molecule has 1 unspecified atom stereocenters. The first-order valence-corrected chi connectivity index (χ1v) is 9.23. The van der Waals surface area contributed by atoms with Crippen LogP contribution in [0.5, 0.6) is 0 Å². The van der Waals surface area contributed by atoms with Gasteiger partial charge in [-0.15, -0.1) is 0 Å². The second kappa shape index (κ2) is 8.48. The van der Waals surface area contributed by atoms with Crippen LogP contribution in [0.3, 0.4) is 0 Å². The molecular formula is C20H32N3O2+. The third-order valence-electron chi connectivity index (χ3n) is 4.87. The molecule has 1 saturated heterocycles. The minimum absolute atomic E-state index is 0.0487. The molecule has 25 heavy (non-hydrogen) atoms. The summed E-state index contributed by atoms with van der Waals surface area (Å²) < 4.78 is 0. The van der Waals surface area contributed by atoms with Crippen LogP contribution < -0.4 is 10.2 Å². The number of likely N-dealkylation sites (tertiary alicyclic amines) is 1. The van der Waals surface area contributed by atoms with Crippen LogP contribution in [0, 0.1) is 26.7 Å². The van der Waals surface area contributed by atoms with Crippen LogP contribution in [0.4, 0.5) is 5.69 Å². The summed E-state index contributed by atoms with van der Waals surface area (Å²) >= 11 is 0. The van der Waals surface area contributed by atoms with E-state index in [-0.39, 0.29) is 11.8 Å². The summed E-state index contributed by atoms with van der Waals surface area (Å²) in [6, 6.07) is 4.14. The highest BCUT2D eigenvalue weighted by Crippen LogP contribution is 2.21. The summed E-state index contributed by atoms with van der Waals surface area (Å²) in [5, 5.41) is 3.01. The van der Waals surface area contributed by atoms with Gasteiger partial charge in [0.2, 0.25) is 0 Å². The summed E-state index contributed by atoms with van der Waals surface area (Å²) in [5.41, 5.74) is 4.22. The van der Waals surface area contributed by atoms with Crippen LogP contribution >= 0.6 is 0 Å². The van der Waals surface area contributed by atoms with Crippen LogP contribution in [0.25, 0.3) is 0 Å². The van der Waals surface area contributed by atoms with Crippen molar-refractivity contribution in [2.45, 2.75) is 40.5 Å². The highest BCUT2D eigenvalue weighted by Gasteiger charge is 2.24. The van der Waals surface area contributed by atoms with Crippen molar-refractivity contribution in [3.05, 3.63) is 28.8 Å². The lowest BCUT2D eigenvalue weighted by molar-refractivity contribution is -0.862. The highest BCUT2D eigenvalue weighted by molar-refractivity contribution is 5.93. The van der Waals surface area contributed by atoms with Crippen molar-refractivity contribution in [2.24, 2.45) is 5.92 Å². The molecule has 0 bridgehead atoms. The number of likely N-dealkylation sites (N-methyl/N-ethyl adjacent to an activating group) is 1. The number of piperidine rings is 1. The van der Waals surface area contributed by atoms with E-state index in [1.165, 1.54) is 12.0 Å². The zero-order valence-corrected chi connectivity index (χ0v) is 16.2. The molecular weight excluding hydrogens is 314 g/mol. The van der Waals surface area contributed by atoms with E-state index < -0.39 is 0 Å². The monoisotopic (exact) mass is 346 g/mol. The van der Waals surface area contributed by atoms with Gasteiger partial charge in [0.1, 0.15) is 0 Å². The van der Waals surface area contributed by atoms with Gasteiger partial charge in [0.25, 0.3) is 11.8 Å². The Balaban J connectivity index is 1.87. The van der Waals surface area contributed by atoms with E-state index in [1.54, 1.807) is 0 Å². The van der Waals surface area contributed by atoms with Crippen molar-refractivity contribution in [3.63, 3.8) is 0 Å². The number of rotatable bonds is 5. The van der Waals surface area contributed by atoms with Crippen molar-refractivity contribution in [1.29, 1.82) is 0 Å². The summed E-state index contributed by atoms with van der Waals surface area (Å²) in [6.45, 7) is 10.6. The summed E-state index contributed by atoms with van der Waals surface area (Å²) in [4.78, 5) is 27.6. The van der Waals surface area contributed by atoms with Gasteiger partial charge in [-0.3, -0.25) is 9.59 Å². The fourth-order valence-electron chi connectivity index (χ4n) is 3.68. The lowest BCUT2D eigenvalue weighted by Gasteiger charge is -2.31. The van der Waals surface area contributed by atoms with Gasteiger partial charge in [0.05, 0.1) is 7.05 Å². The number of amides is 2. The molecule has 1 aromatic carbocycles. The maximum absolute atomic E-state index is 12.4. The SMILES string of the molecule is Cc1cc(C)c(NC(=O)C[NH+](C)CC(=O)N2CCC[C@H](C)C2)c(C)c1. The smallest absolute Gasteiger partial charge is 0.279 e. The van der Waals surface area contributed by atoms with E-state index in [2.05, 4.69) is 31.3 Å². The number of benzene rings is 1. The third kappa shape index (κ3) is 5.56. The van der Waals surface area contributed by atoms with Crippen molar-refractivity contribution in [3.8, 4) is 0 Å². The Hall–Kier alpha value is -1.88. The Morgan fingerprint density at radius 3 is 2.44 bits per heavy atom. The predicted octanol–water partition coefficient (Wildman–Crippen LogP) is 1.32. The summed E-state index contributed by atoms with van der Waals surface area (Å²) in [7, 11) is 1.90. The van der Waals surface area contributed by atoms with E-state index in [0.717, 1.165) is 41.2 Å². The average molecular weight is 346 g/mol. The second-order valence-electron chi connectivity index (χ2n) is 7.72. The lowest BCUT2D eigenvalue weighted by atomic mass is 10.0. The molecule has 2 rings (SSSR count). The molecule has 1 aliphatic rings. The molecule has 0 spiro atoms. The Morgan fingerprint density at radius 2 is 1.84 bits per heavy atom. The molecule has 5 nitrogen and oxygen atoms in total. The number of nitrogens with one attached hydrogen (secondary N) is 2. The Bertz CT molecular complexity index is 619. The molecule has 0 radical (unpaired) electrons. The molecule has 1 fully saturated rings. The Morgan fingerprint density at radius 1 is 1.20 bits per heavy atom. The van der Waals surface area contributed by atoms with Crippen LogP contribution in [0.15, 0.2) is 12.1 Å². The first-order chi connectivity index (χ1) is 11.8. The zero-order chi connectivity index (χ0) is 18.6. The highest BCUT2D eigenvalue weighted by atomic mass is 16.2. The van der Waals surface area contributed by atoms with Crippen molar-refractivity contribution in [1.82, 2.24) is 4.90 Å². The van der Waals surface area contributed by atoms with Crippen molar-refractivity contribution >= 4 is 17.5 Å². The molecule has 0 aliphatic carbocycles. The van der Waals surface area contributed by atoms with E-state index in [1.807, 2.05) is 25.8 Å². The minimum atomic E-state index is -0.0487. The Kier molecular flexibility index (Phi) is 6.59. The van der Waals surface area contributed by atoms with Gasteiger partial charge in [0, 0.05) is 18.8 Å². The average Bonchev–Trinajstić information content (AvgIpc) is 2.50. The van der Waals surface area contributed by atoms with Crippen LogP contribution in [-0.2, 0) is 9.59 Å². The Labute approximate surface area is 151 Å². The first kappa shape index (κ1) is 19.4.